The van der Waals surface area contributed by atoms with Crippen molar-refractivity contribution < 1.29 is 21.6 Å². The standard InChI is InChI=1S/C21H34N4O5S2/c1-18-17-24(21(26)23-12-15-32(29,30)16-13-23)9-4-10-25(18)20-7-5-19(6-8-20)22(2)11-14-31(3,27)28/h5-8,18H,4,9-17H2,1-3H3. The average Bonchev–Trinajstić information content (AvgIpc) is 2.92. The van der Waals surface area contributed by atoms with Crippen LogP contribution in [0.4, 0.5) is 16.2 Å². The van der Waals surface area contributed by atoms with E-state index < -0.39 is 19.7 Å². The molecule has 0 N–H and O–H groups in total. The minimum atomic E-state index is -3.02. The van der Waals surface area contributed by atoms with Crippen molar-refractivity contribution in [3.63, 3.8) is 0 Å². The zero-order chi connectivity index (χ0) is 23.5. The van der Waals surface area contributed by atoms with Crippen molar-refractivity contribution in [2.45, 2.75) is 19.4 Å². The highest BCUT2D eigenvalue weighted by molar-refractivity contribution is 7.91. The first-order valence-corrected chi connectivity index (χ1v) is 14.8. The molecule has 9 nitrogen and oxygen atoms in total. The van der Waals surface area contributed by atoms with Gasteiger partial charge in [-0.1, -0.05) is 0 Å². The van der Waals surface area contributed by atoms with Crippen LogP contribution in [-0.4, -0.2) is 109 Å². The highest BCUT2D eigenvalue weighted by atomic mass is 32.2. The van der Waals surface area contributed by atoms with Gasteiger partial charge in [0, 0.05) is 70.0 Å². The third-order valence-electron chi connectivity index (χ3n) is 6.15. The molecule has 3 rings (SSSR count). The molecule has 32 heavy (non-hydrogen) atoms. The van der Waals surface area contributed by atoms with Gasteiger partial charge in [-0.15, -0.1) is 0 Å². The van der Waals surface area contributed by atoms with Crippen molar-refractivity contribution in [3.8, 4) is 0 Å². The molecule has 0 saturated carbocycles. The van der Waals surface area contributed by atoms with Gasteiger partial charge in [0.2, 0.25) is 0 Å². The van der Waals surface area contributed by atoms with Crippen LogP contribution in [0.25, 0.3) is 0 Å². The molecule has 2 saturated heterocycles. The minimum absolute atomic E-state index is 0.0409. The fourth-order valence-electron chi connectivity index (χ4n) is 4.15. The number of sulfone groups is 2. The maximum atomic E-state index is 12.9. The highest BCUT2D eigenvalue weighted by Crippen LogP contribution is 2.24. The van der Waals surface area contributed by atoms with E-state index in [-0.39, 0.29) is 42.4 Å². The normalized spacial score (nSPS) is 21.8. The lowest BCUT2D eigenvalue weighted by atomic mass is 10.2. The summed E-state index contributed by atoms with van der Waals surface area (Å²) >= 11 is 0. The Balaban J connectivity index is 1.61. The van der Waals surface area contributed by atoms with Gasteiger partial charge < -0.3 is 19.6 Å². The molecule has 1 aromatic rings. The van der Waals surface area contributed by atoms with Crippen molar-refractivity contribution in [2.75, 3.05) is 79.6 Å². The minimum Gasteiger partial charge on any atom is -0.374 e. The molecule has 1 atom stereocenters. The number of anilines is 2. The van der Waals surface area contributed by atoms with Crippen LogP contribution >= 0.6 is 0 Å². The molecule has 2 fully saturated rings. The summed E-state index contributed by atoms with van der Waals surface area (Å²) in [4.78, 5) is 20.7. The number of carbonyl (C=O) groups excluding carboxylic acids is 1. The van der Waals surface area contributed by atoms with Crippen molar-refractivity contribution in [3.05, 3.63) is 24.3 Å². The van der Waals surface area contributed by atoms with Gasteiger partial charge in [0.25, 0.3) is 0 Å². The van der Waals surface area contributed by atoms with E-state index >= 15 is 0 Å². The summed E-state index contributed by atoms with van der Waals surface area (Å²) in [6, 6.07) is 8.10. The largest absolute Gasteiger partial charge is 0.374 e. The number of carbonyl (C=O) groups is 1. The Morgan fingerprint density at radius 3 is 2.28 bits per heavy atom. The van der Waals surface area contributed by atoms with Crippen molar-refractivity contribution in [1.29, 1.82) is 0 Å². The molecular weight excluding hydrogens is 452 g/mol. The Hall–Kier alpha value is -2.01. The summed E-state index contributed by atoms with van der Waals surface area (Å²) in [5.41, 5.74) is 2.02. The SMILES string of the molecule is CC1CN(C(=O)N2CCS(=O)(=O)CC2)CCCN1c1ccc(N(C)CCS(C)(=O)=O)cc1. The lowest BCUT2D eigenvalue weighted by Gasteiger charge is -2.34. The maximum absolute atomic E-state index is 12.9. The van der Waals surface area contributed by atoms with Crippen LogP contribution < -0.4 is 9.80 Å². The number of amides is 2. The van der Waals surface area contributed by atoms with Gasteiger partial charge in [-0.05, 0) is 37.6 Å². The predicted molar refractivity (Wildman–Crippen MR) is 128 cm³/mol. The zero-order valence-electron chi connectivity index (χ0n) is 19.1. The van der Waals surface area contributed by atoms with Gasteiger partial charge >= 0.3 is 6.03 Å². The first-order chi connectivity index (χ1) is 15.0. The van der Waals surface area contributed by atoms with E-state index in [2.05, 4.69) is 11.8 Å². The third kappa shape index (κ3) is 6.50. The van der Waals surface area contributed by atoms with E-state index in [4.69, 9.17) is 0 Å². The summed E-state index contributed by atoms with van der Waals surface area (Å²) in [5, 5.41) is 0. The number of rotatable bonds is 5. The van der Waals surface area contributed by atoms with E-state index in [0.717, 1.165) is 24.3 Å². The van der Waals surface area contributed by atoms with Gasteiger partial charge in [0.1, 0.15) is 9.84 Å². The van der Waals surface area contributed by atoms with Gasteiger partial charge in [0.15, 0.2) is 9.84 Å². The van der Waals surface area contributed by atoms with Gasteiger partial charge in [-0.3, -0.25) is 0 Å². The molecule has 0 spiro atoms. The summed E-state index contributed by atoms with van der Waals surface area (Å²) in [6.07, 6.45) is 2.07. The molecule has 1 aromatic carbocycles. The molecule has 2 aliphatic heterocycles. The van der Waals surface area contributed by atoms with Crippen LogP contribution in [0.5, 0.6) is 0 Å². The molecule has 2 aliphatic rings. The van der Waals surface area contributed by atoms with E-state index in [9.17, 15) is 21.6 Å². The van der Waals surface area contributed by atoms with Crippen LogP contribution in [0.3, 0.4) is 0 Å². The molecule has 0 aromatic heterocycles. The van der Waals surface area contributed by atoms with Crippen molar-refractivity contribution in [1.82, 2.24) is 9.80 Å². The van der Waals surface area contributed by atoms with Crippen molar-refractivity contribution in [2.24, 2.45) is 0 Å². The topological polar surface area (TPSA) is 98.3 Å². The Morgan fingerprint density at radius 2 is 1.69 bits per heavy atom. The molecule has 11 heteroatoms. The van der Waals surface area contributed by atoms with Gasteiger partial charge in [-0.2, -0.15) is 0 Å². The zero-order valence-corrected chi connectivity index (χ0v) is 20.7. The van der Waals surface area contributed by atoms with Gasteiger partial charge in [0.05, 0.1) is 17.3 Å². The molecule has 0 aliphatic carbocycles. The third-order valence-corrected chi connectivity index (χ3v) is 8.68. The molecular formula is C21H34N4O5S2. The highest BCUT2D eigenvalue weighted by Gasteiger charge is 2.31. The second-order valence-electron chi connectivity index (χ2n) is 8.83. The summed E-state index contributed by atoms with van der Waals surface area (Å²) in [5.74, 6) is 0.194. The average molecular weight is 487 g/mol. The molecule has 1 unspecified atom stereocenters. The van der Waals surface area contributed by atoms with E-state index in [1.165, 1.54) is 6.26 Å². The van der Waals surface area contributed by atoms with Crippen LogP contribution in [0.15, 0.2) is 24.3 Å². The van der Waals surface area contributed by atoms with E-state index in [0.29, 0.717) is 19.6 Å². The van der Waals surface area contributed by atoms with Crippen LogP contribution in [0.1, 0.15) is 13.3 Å². The molecule has 2 heterocycles. The van der Waals surface area contributed by atoms with Crippen LogP contribution in [0.2, 0.25) is 0 Å². The number of nitrogens with zero attached hydrogens (tertiary/aromatic N) is 4. The fraction of sp³-hybridized carbons (Fsp3) is 0.667. The Morgan fingerprint density at radius 1 is 1.06 bits per heavy atom. The number of hydrogen-bond acceptors (Lipinski definition) is 7. The van der Waals surface area contributed by atoms with E-state index in [1.807, 2.05) is 41.1 Å². The van der Waals surface area contributed by atoms with Crippen LogP contribution in [0, 0.1) is 0 Å². The van der Waals surface area contributed by atoms with Crippen molar-refractivity contribution >= 4 is 37.1 Å². The second-order valence-corrected chi connectivity index (χ2v) is 13.4. The van der Waals surface area contributed by atoms with E-state index in [1.54, 1.807) is 4.90 Å². The molecule has 2 amide bonds. The Bertz CT molecular complexity index is 997. The number of urea groups is 1. The van der Waals surface area contributed by atoms with Gasteiger partial charge in [-0.25, -0.2) is 21.6 Å². The number of benzene rings is 1. The predicted octanol–water partition coefficient (Wildman–Crippen LogP) is 0.918. The monoisotopic (exact) mass is 486 g/mol. The second kappa shape index (κ2) is 9.86. The molecule has 0 bridgehead atoms. The molecule has 180 valence electrons. The quantitative estimate of drug-likeness (QED) is 0.610. The first-order valence-electron chi connectivity index (χ1n) is 10.9. The molecule has 0 radical (unpaired) electrons. The lowest BCUT2D eigenvalue weighted by Crippen LogP contribution is -2.51. The smallest absolute Gasteiger partial charge is 0.320 e. The number of hydrogen-bond donors (Lipinski definition) is 0. The lowest BCUT2D eigenvalue weighted by molar-refractivity contribution is 0.157. The Kier molecular flexibility index (Phi) is 7.59. The fourth-order valence-corrected chi connectivity index (χ4v) is 5.96. The Labute approximate surface area is 191 Å². The maximum Gasteiger partial charge on any atom is 0.320 e. The summed E-state index contributed by atoms with van der Waals surface area (Å²) < 4.78 is 46.1. The summed E-state index contributed by atoms with van der Waals surface area (Å²) in [7, 11) is -4.14. The first kappa shape index (κ1) is 24.6. The summed E-state index contributed by atoms with van der Waals surface area (Å²) in [6.45, 7) is 5.12. The van der Waals surface area contributed by atoms with Crippen LogP contribution in [-0.2, 0) is 19.7 Å².